The van der Waals surface area contributed by atoms with Crippen molar-refractivity contribution in [3.8, 4) is 0 Å². The molecule has 0 aromatic heterocycles. The van der Waals surface area contributed by atoms with Gasteiger partial charge in [0.05, 0.1) is 0 Å². The third kappa shape index (κ3) is 4.85. The van der Waals surface area contributed by atoms with E-state index < -0.39 is 11.1 Å². The van der Waals surface area contributed by atoms with Crippen LogP contribution in [0.2, 0.25) is 0 Å². The summed E-state index contributed by atoms with van der Waals surface area (Å²) in [5.41, 5.74) is 0.926. The number of rotatable bonds is 2. The second-order valence-electron chi connectivity index (χ2n) is 1.99. The van der Waals surface area contributed by atoms with E-state index in [1.165, 1.54) is 5.41 Å². The fraction of sp³-hybridized carbons (Fsp3) is 0. The van der Waals surface area contributed by atoms with Gasteiger partial charge in [-0.15, -0.1) is 0 Å². The van der Waals surface area contributed by atoms with Gasteiger partial charge in [0.15, 0.2) is 11.1 Å². The molecule has 0 bridgehead atoms. The van der Waals surface area contributed by atoms with Crippen molar-refractivity contribution < 1.29 is 8.76 Å². The first kappa shape index (κ1) is 12.1. The van der Waals surface area contributed by atoms with Crippen molar-refractivity contribution in [2.75, 3.05) is 0 Å². The van der Waals surface area contributed by atoms with E-state index in [1.54, 1.807) is 6.08 Å². The minimum atomic E-state index is -1.85. The van der Waals surface area contributed by atoms with E-state index >= 15 is 0 Å². The molecule has 12 heavy (non-hydrogen) atoms. The van der Waals surface area contributed by atoms with Crippen molar-refractivity contribution in [3.63, 3.8) is 0 Å². The maximum Gasteiger partial charge on any atom is 0.178 e. The molecule has 0 heterocycles. The van der Waals surface area contributed by atoms with Crippen LogP contribution in [0.3, 0.4) is 0 Å². The second kappa shape index (κ2) is 6.57. The van der Waals surface area contributed by atoms with Gasteiger partial charge < -0.3 is 4.55 Å². The van der Waals surface area contributed by atoms with Crippen LogP contribution in [0.4, 0.5) is 0 Å². The molecule has 0 saturated heterocycles. The van der Waals surface area contributed by atoms with Crippen molar-refractivity contribution in [2.24, 2.45) is 0 Å². The number of hydrogen-bond donors (Lipinski definition) is 1. The smallest absolute Gasteiger partial charge is 0.178 e. The van der Waals surface area contributed by atoms with Crippen LogP contribution in [0.25, 0.3) is 6.08 Å². The summed E-state index contributed by atoms with van der Waals surface area (Å²) in [6.07, 6.45) is 1.61. The van der Waals surface area contributed by atoms with Gasteiger partial charge in [0, 0.05) is 35.0 Å². The predicted octanol–water partition coefficient (Wildman–Crippen LogP) is 1.50. The number of benzene rings is 1. The maximum absolute atomic E-state index is 10.2. The monoisotopic (exact) mass is 191 g/mol. The first-order valence-corrected chi connectivity index (χ1v) is 4.29. The summed E-state index contributed by atoms with van der Waals surface area (Å²) >= 11 is -1.85. The summed E-state index contributed by atoms with van der Waals surface area (Å²) in [6.45, 7) is 0. The number of hydrogen-bond acceptors (Lipinski definition) is 1. The van der Waals surface area contributed by atoms with Crippen LogP contribution >= 0.6 is 0 Å². The van der Waals surface area contributed by atoms with E-state index in [0.29, 0.717) is 0 Å². The largest absolute Gasteiger partial charge is 0.303 e. The van der Waals surface area contributed by atoms with Gasteiger partial charge in [-0.25, -0.2) is 4.21 Å². The van der Waals surface area contributed by atoms with Gasteiger partial charge in [0.2, 0.25) is 0 Å². The van der Waals surface area contributed by atoms with Crippen molar-refractivity contribution in [2.45, 2.75) is 0 Å². The molecule has 1 rings (SSSR count). The molecule has 1 unspecified atom stereocenters. The summed E-state index contributed by atoms with van der Waals surface area (Å²) in [4.78, 5) is 0. The normalized spacial score (nSPS) is 12.4. The molecular weight excluding hydrogens is 183 g/mol. The maximum atomic E-state index is 10.2. The summed E-state index contributed by atoms with van der Waals surface area (Å²) in [7, 11) is 0. The Bertz CT molecular complexity index is 272. The van der Waals surface area contributed by atoms with Gasteiger partial charge in [0.1, 0.15) is 0 Å². The van der Waals surface area contributed by atoms with Crippen molar-refractivity contribution >= 4 is 46.7 Å². The summed E-state index contributed by atoms with van der Waals surface area (Å²) < 4.78 is 18.6. The molecule has 0 spiro atoms. The van der Waals surface area contributed by atoms with Crippen molar-refractivity contribution in [3.05, 3.63) is 41.3 Å². The zero-order chi connectivity index (χ0) is 8.10. The Balaban J connectivity index is 0.00000121. The SMILES string of the molecule is O=S(O)/C=C/c1ccccc1.[Na]. The first-order valence-electron chi connectivity index (χ1n) is 3.12. The minimum absolute atomic E-state index is 0. The Morgan fingerprint density at radius 1 is 1.25 bits per heavy atom. The molecule has 0 fully saturated rings. The topological polar surface area (TPSA) is 37.3 Å². The Morgan fingerprint density at radius 2 is 1.83 bits per heavy atom. The third-order valence-corrected chi connectivity index (χ3v) is 1.55. The molecule has 0 aliphatic heterocycles. The van der Waals surface area contributed by atoms with Gasteiger partial charge >= 0.3 is 0 Å². The second-order valence-corrected chi connectivity index (χ2v) is 2.81. The van der Waals surface area contributed by atoms with E-state index in [1.807, 2.05) is 30.3 Å². The van der Waals surface area contributed by atoms with Gasteiger partial charge in [-0.3, -0.25) is 0 Å². The van der Waals surface area contributed by atoms with Crippen LogP contribution in [0.15, 0.2) is 35.7 Å². The Kier molecular flexibility index (Phi) is 6.61. The summed E-state index contributed by atoms with van der Waals surface area (Å²) in [6, 6.07) is 9.37. The van der Waals surface area contributed by atoms with Gasteiger partial charge in [0.25, 0.3) is 0 Å². The molecule has 0 aliphatic rings. The zero-order valence-corrected chi connectivity index (χ0v) is 9.62. The fourth-order valence-corrected chi connectivity index (χ4v) is 0.974. The Hall–Kier alpha value is 0.0700. The summed E-state index contributed by atoms with van der Waals surface area (Å²) in [5, 5.41) is 1.23. The molecule has 1 radical (unpaired) electrons. The molecular formula is C8H8NaO2S. The van der Waals surface area contributed by atoms with Crippen LogP contribution in [0, 0.1) is 0 Å². The van der Waals surface area contributed by atoms with Crippen LogP contribution in [-0.4, -0.2) is 38.3 Å². The van der Waals surface area contributed by atoms with Gasteiger partial charge in [-0.1, -0.05) is 30.3 Å². The van der Waals surface area contributed by atoms with Crippen LogP contribution < -0.4 is 0 Å². The molecule has 0 aliphatic carbocycles. The molecule has 4 heteroatoms. The van der Waals surface area contributed by atoms with Crippen molar-refractivity contribution in [1.82, 2.24) is 0 Å². The van der Waals surface area contributed by atoms with Gasteiger partial charge in [-0.05, 0) is 11.6 Å². The fourth-order valence-electron chi connectivity index (χ4n) is 0.701. The van der Waals surface area contributed by atoms with E-state index in [4.69, 9.17) is 4.55 Å². The van der Waals surface area contributed by atoms with Crippen LogP contribution in [0.1, 0.15) is 5.56 Å². The molecule has 1 atom stereocenters. The third-order valence-electron chi connectivity index (χ3n) is 1.18. The van der Waals surface area contributed by atoms with E-state index in [-0.39, 0.29) is 29.6 Å². The van der Waals surface area contributed by atoms with Crippen molar-refractivity contribution in [1.29, 1.82) is 0 Å². The van der Waals surface area contributed by atoms with E-state index in [2.05, 4.69) is 0 Å². The van der Waals surface area contributed by atoms with Gasteiger partial charge in [-0.2, -0.15) is 0 Å². The Morgan fingerprint density at radius 3 is 2.33 bits per heavy atom. The molecule has 1 aromatic carbocycles. The minimum Gasteiger partial charge on any atom is -0.303 e. The molecule has 0 saturated carbocycles. The molecule has 59 valence electrons. The van der Waals surface area contributed by atoms with Crippen LogP contribution in [0.5, 0.6) is 0 Å². The summed E-state index contributed by atoms with van der Waals surface area (Å²) in [5.74, 6) is 0. The average Bonchev–Trinajstić information content (AvgIpc) is 2.03. The average molecular weight is 191 g/mol. The quantitative estimate of drug-likeness (QED) is 0.568. The molecule has 1 aromatic rings. The molecule has 0 amide bonds. The van der Waals surface area contributed by atoms with Crippen LogP contribution in [-0.2, 0) is 11.1 Å². The Labute approximate surface area is 96.3 Å². The van der Waals surface area contributed by atoms with E-state index in [0.717, 1.165) is 5.56 Å². The zero-order valence-electron chi connectivity index (χ0n) is 6.81. The standard InChI is InChI=1S/C8H8O2S.Na/c9-11(10)7-6-8-4-2-1-3-5-8;/h1-7H,(H,9,10);/b7-6+;. The first-order chi connectivity index (χ1) is 5.29. The molecule has 1 N–H and O–H groups in total. The molecule has 2 nitrogen and oxygen atoms in total. The van der Waals surface area contributed by atoms with E-state index in [9.17, 15) is 4.21 Å². The predicted molar refractivity (Wildman–Crippen MR) is 52.0 cm³/mol.